The van der Waals surface area contributed by atoms with Gasteiger partial charge in [-0.3, -0.25) is 4.99 Å². The Morgan fingerprint density at radius 1 is 1.23 bits per heavy atom. The van der Waals surface area contributed by atoms with Gasteiger partial charge in [0, 0.05) is 31.6 Å². The third kappa shape index (κ3) is 6.28. The number of nitrogens with zero attached hydrogens (tertiary/aromatic N) is 2. The topological polar surface area (TPSA) is 80.4 Å². The van der Waals surface area contributed by atoms with Crippen molar-refractivity contribution < 1.29 is 9.50 Å². The first-order valence-corrected chi connectivity index (χ1v) is 7.96. The normalized spacial score (nSPS) is 11.8. The fourth-order valence-corrected chi connectivity index (χ4v) is 2.39. The molecule has 2 aromatic carbocycles. The van der Waals surface area contributed by atoms with Crippen molar-refractivity contribution in [3.05, 3.63) is 71.0 Å². The molecule has 2 rings (SSSR count). The predicted octanol–water partition coefficient (Wildman–Crippen LogP) is 2.76. The van der Waals surface area contributed by atoms with Crippen LogP contribution in [0, 0.1) is 17.1 Å². The van der Waals surface area contributed by atoms with Crippen molar-refractivity contribution in [3.63, 3.8) is 0 Å². The molecule has 1 unspecified atom stereocenters. The highest BCUT2D eigenvalue weighted by molar-refractivity contribution is 14.0. The fraction of sp³-hybridized carbons (Fsp3) is 0.263. The molecule has 0 saturated carbocycles. The number of hydrogen-bond donors (Lipinski definition) is 3. The molecule has 0 heterocycles. The molecule has 0 spiro atoms. The lowest BCUT2D eigenvalue weighted by molar-refractivity contribution is 0.265. The number of aliphatic hydroxyl groups is 1. The molecule has 0 aromatic heterocycles. The molecule has 0 radical (unpaired) electrons. The fourth-order valence-electron chi connectivity index (χ4n) is 2.39. The second-order valence-corrected chi connectivity index (χ2v) is 5.51. The zero-order chi connectivity index (χ0) is 18.1. The quantitative estimate of drug-likeness (QED) is 0.346. The van der Waals surface area contributed by atoms with Crippen LogP contribution in [-0.2, 0) is 6.54 Å². The van der Waals surface area contributed by atoms with Crippen molar-refractivity contribution in [2.24, 2.45) is 4.99 Å². The molecule has 0 fully saturated rings. The number of aliphatic imine (C=N–C) groups is 1. The van der Waals surface area contributed by atoms with E-state index in [1.165, 1.54) is 6.07 Å². The molecule has 0 aliphatic rings. The molecule has 0 amide bonds. The second-order valence-electron chi connectivity index (χ2n) is 5.51. The molecular formula is C19H22FIN4O. The first-order chi connectivity index (χ1) is 12.2. The van der Waals surface area contributed by atoms with E-state index in [-0.39, 0.29) is 48.6 Å². The van der Waals surface area contributed by atoms with Crippen LogP contribution in [0.4, 0.5) is 4.39 Å². The van der Waals surface area contributed by atoms with E-state index in [0.717, 1.165) is 5.56 Å². The molecule has 5 nitrogen and oxygen atoms in total. The number of benzene rings is 2. The van der Waals surface area contributed by atoms with Gasteiger partial charge >= 0.3 is 0 Å². The maximum atomic E-state index is 13.9. The van der Waals surface area contributed by atoms with Crippen LogP contribution in [0.2, 0.25) is 0 Å². The summed E-state index contributed by atoms with van der Waals surface area (Å²) in [5.74, 6) is 0.0177. The zero-order valence-corrected chi connectivity index (χ0v) is 16.8. The maximum Gasteiger partial charge on any atom is 0.191 e. The lowest BCUT2D eigenvalue weighted by Crippen LogP contribution is -2.39. The first-order valence-electron chi connectivity index (χ1n) is 7.96. The number of nitriles is 1. The molecule has 0 bridgehead atoms. The number of rotatable bonds is 6. The van der Waals surface area contributed by atoms with E-state index >= 15 is 0 Å². The third-order valence-electron chi connectivity index (χ3n) is 3.86. The molecule has 0 aliphatic heterocycles. The smallest absolute Gasteiger partial charge is 0.191 e. The molecule has 3 N–H and O–H groups in total. The highest BCUT2D eigenvalue weighted by atomic mass is 127. The third-order valence-corrected chi connectivity index (χ3v) is 3.86. The van der Waals surface area contributed by atoms with Crippen LogP contribution in [0.5, 0.6) is 0 Å². The van der Waals surface area contributed by atoms with Gasteiger partial charge in [0.05, 0.1) is 18.2 Å². The van der Waals surface area contributed by atoms with Gasteiger partial charge in [0.2, 0.25) is 0 Å². The minimum atomic E-state index is -0.431. The van der Waals surface area contributed by atoms with E-state index < -0.39 is 5.82 Å². The number of nitrogens with one attached hydrogen (secondary N) is 2. The van der Waals surface area contributed by atoms with Gasteiger partial charge in [-0.25, -0.2) is 4.39 Å². The molecule has 26 heavy (non-hydrogen) atoms. The Balaban J connectivity index is 0.00000338. The van der Waals surface area contributed by atoms with Gasteiger partial charge in [0.15, 0.2) is 5.96 Å². The van der Waals surface area contributed by atoms with Gasteiger partial charge in [0.25, 0.3) is 0 Å². The predicted molar refractivity (Wildman–Crippen MR) is 111 cm³/mol. The van der Waals surface area contributed by atoms with Crippen LogP contribution in [-0.4, -0.2) is 31.3 Å². The summed E-state index contributed by atoms with van der Waals surface area (Å²) in [6, 6.07) is 16.0. The van der Waals surface area contributed by atoms with Crippen molar-refractivity contribution in [1.29, 1.82) is 5.26 Å². The minimum absolute atomic E-state index is 0. The van der Waals surface area contributed by atoms with Gasteiger partial charge < -0.3 is 15.7 Å². The van der Waals surface area contributed by atoms with Crippen LogP contribution in [0.25, 0.3) is 0 Å². The van der Waals surface area contributed by atoms with Crippen molar-refractivity contribution in [3.8, 4) is 6.07 Å². The van der Waals surface area contributed by atoms with Crippen molar-refractivity contribution >= 4 is 29.9 Å². The van der Waals surface area contributed by atoms with Crippen LogP contribution >= 0.6 is 24.0 Å². The van der Waals surface area contributed by atoms with Crippen molar-refractivity contribution in [2.75, 3.05) is 20.2 Å². The van der Waals surface area contributed by atoms with E-state index in [1.807, 2.05) is 36.4 Å². The highest BCUT2D eigenvalue weighted by Crippen LogP contribution is 2.13. The Bertz CT molecular complexity index is 762. The Morgan fingerprint density at radius 2 is 1.96 bits per heavy atom. The van der Waals surface area contributed by atoms with E-state index in [9.17, 15) is 9.50 Å². The Morgan fingerprint density at radius 3 is 2.54 bits per heavy atom. The van der Waals surface area contributed by atoms with E-state index in [2.05, 4.69) is 15.6 Å². The molecule has 2 aromatic rings. The summed E-state index contributed by atoms with van der Waals surface area (Å²) in [6.45, 7) is 0.751. The molecular weight excluding hydrogens is 446 g/mol. The zero-order valence-electron chi connectivity index (χ0n) is 14.4. The molecule has 7 heteroatoms. The summed E-state index contributed by atoms with van der Waals surface area (Å²) < 4.78 is 13.9. The number of guanidine groups is 1. The van der Waals surface area contributed by atoms with Gasteiger partial charge in [-0.15, -0.1) is 24.0 Å². The summed E-state index contributed by atoms with van der Waals surface area (Å²) in [6.07, 6.45) is 0. The maximum absolute atomic E-state index is 13.9. The van der Waals surface area contributed by atoms with Crippen LogP contribution in [0.15, 0.2) is 53.5 Å². The number of aliphatic hydroxyl groups excluding tert-OH is 1. The first kappa shape index (κ1) is 21.9. The molecule has 1 atom stereocenters. The lowest BCUT2D eigenvalue weighted by Gasteiger charge is -2.18. The van der Waals surface area contributed by atoms with E-state index in [4.69, 9.17) is 5.26 Å². The van der Waals surface area contributed by atoms with Gasteiger partial charge in [-0.2, -0.15) is 5.26 Å². The van der Waals surface area contributed by atoms with Crippen LogP contribution in [0.3, 0.4) is 0 Å². The lowest BCUT2D eigenvalue weighted by atomic mass is 10.0. The SMILES string of the molecule is CN=C(NCc1ccc(C#N)cc1F)NCC(CO)c1ccccc1.I. The summed E-state index contributed by atoms with van der Waals surface area (Å²) in [5, 5.41) is 24.5. The standard InChI is InChI=1S/C19H21FN4O.HI/c1-22-19(23-11-16-8-7-14(10-21)9-18(16)20)24-12-17(13-25)15-5-3-2-4-6-15;/h2-9,17,25H,11-13H2,1H3,(H2,22,23,24);1H. The van der Waals surface area contributed by atoms with Gasteiger partial charge in [-0.1, -0.05) is 36.4 Å². The number of hydrogen-bond acceptors (Lipinski definition) is 3. The van der Waals surface area contributed by atoms with Gasteiger partial charge in [0.1, 0.15) is 5.82 Å². The van der Waals surface area contributed by atoms with Crippen molar-refractivity contribution in [2.45, 2.75) is 12.5 Å². The highest BCUT2D eigenvalue weighted by Gasteiger charge is 2.11. The summed E-state index contributed by atoms with van der Waals surface area (Å²) in [7, 11) is 1.63. The number of halogens is 2. The molecule has 0 saturated heterocycles. The van der Waals surface area contributed by atoms with E-state index in [1.54, 1.807) is 19.2 Å². The molecule has 138 valence electrons. The Hall–Kier alpha value is -2.18. The van der Waals surface area contributed by atoms with Crippen LogP contribution in [0.1, 0.15) is 22.6 Å². The minimum Gasteiger partial charge on any atom is -0.396 e. The monoisotopic (exact) mass is 468 g/mol. The average Bonchev–Trinajstić information content (AvgIpc) is 2.66. The summed E-state index contributed by atoms with van der Waals surface area (Å²) in [4.78, 5) is 4.10. The summed E-state index contributed by atoms with van der Waals surface area (Å²) in [5.41, 5.74) is 1.77. The largest absolute Gasteiger partial charge is 0.396 e. The summed E-state index contributed by atoms with van der Waals surface area (Å²) >= 11 is 0. The van der Waals surface area contributed by atoms with E-state index in [0.29, 0.717) is 18.1 Å². The molecule has 0 aliphatic carbocycles. The van der Waals surface area contributed by atoms with Gasteiger partial charge in [-0.05, 0) is 17.7 Å². The average molecular weight is 468 g/mol. The van der Waals surface area contributed by atoms with Crippen molar-refractivity contribution in [1.82, 2.24) is 10.6 Å². The Kier molecular flexibility index (Phi) is 9.62. The Labute approximate surface area is 170 Å². The van der Waals surface area contributed by atoms with Crippen LogP contribution < -0.4 is 10.6 Å². The second kappa shape index (κ2) is 11.4.